The van der Waals surface area contributed by atoms with Crippen molar-refractivity contribution in [3.05, 3.63) is 66.5 Å². The summed E-state index contributed by atoms with van der Waals surface area (Å²) in [6.07, 6.45) is 3.83. The number of aromatic nitrogens is 1. The molecule has 0 spiro atoms. The average molecular weight is 446 g/mol. The van der Waals surface area contributed by atoms with Gasteiger partial charge in [0.05, 0.1) is 18.2 Å². The summed E-state index contributed by atoms with van der Waals surface area (Å²) in [4.78, 5) is 6.90. The Hall–Kier alpha value is -3.13. The van der Waals surface area contributed by atoms with Gasteiger partial charge < -0.3 is 19.5 Å². The fourth-order valence-corrected chi connectivity index (χ4v) is 5.23. The van der Waals surface area contributed by atoms with Gasteiger partial charge in [0.15, 0.2) is 11.5 Å². The van der Waals surface area contributed by atoms with Crippen molar-refractivity contribution in [2.45, 2.75) is 6.54 Å². The number of nitrogens with zero attached hydrogens (tertiary/aromatic N) is 2. The lowest BCUT2D eigenvalue weighted by Crippen LogP contribution is -2.35. The normalized spacial score (nSPS) is 15.9. The lowest BCUT2D eigenvalue weighted by Gasteiger charge is -2.26. The van der Waals surface area contributed by atoms with Crippen molar-refractivity contribution in [1.82, 2.24) is 9.88 Å². The minimum Gasteiger partial charge on any atom is -0.454 e. The molecule has 0 amide bonds. The fourth-order valence-electron chi connectivity index (χ4n) is 4.15. The molecule has 2 aromatic heterocycles. The van der Waals surface area contributed by atoms with E-state index in [9.17, 15) is 0 Å². The highest BCUT2D eigenvalue weighted by molar-refractivity contribution is 7.23. The third kappa shape index (κ3) is 3.90. The number of nitrogens with one attached hydrogen (secondary N) is 1. The lowest BCUT2D eigenvalue weighted by atomic mass is 10.1. The van der Waals surface area contributed by atoms with Crippen LogP contribution in [0.5, 0.6) is 11.5 Å². The zero-order valence-electron chi connectivity index (χ0n) is 17.5. The number of benzene rings is 2. The van der Waals surface area contributed by atoms with Crippen molar-refractivity contribution >= 4 is 32.1 Å². The number of pyridine rings is 1. The zero-order valence-corrected chi connectivity index (χ0v) is 18.4. The molecule has 0 unspecified atom stereocenters. The highest BCUT2D eigenvalue weighted by Gasteiger charge is 2.16. The molecule has 162 valence electrons. The van der Waals surface area contributed by atoms with Crippen molar-refractivity contribution in [1.29, 1.82) is 0 Å². The van der Waals surface area contributed by atoms with Crippen LogP contribution in [0.3, 0.4) is 0 Å². The number of hydrogen-bond donors (Lipinski definition) is 1. The summed E-state index contributed by atoms with van der Waals surface area (Å²) >= 11 is 1.73. The first-order valence-electron chi connectivity index (χ1n) is 10.8. The Morgan fingerprint density at radius 1 is 0.938 bits per heavy atom. The number of morpholine rings is 1. The molecule has 4 aromatic rings. The number of rotatable bonds is 5. The average Bonchev–Trinajstić information content (AvgIpc) is 3.46. The van der Waals surface area contributed by atoms with E-state index < -0.39 is 0 Å². The SMILES string of the molecule is c1cc(Nc2cc3cncc(-c4ccc5c(c4)OCO5)c3s2)ccc1CN1CCOCC1. The van der Waals surface area contributed by atoms with E-state index in [1.807, 2.05) is 24.5 Å². The van der Waals surface area contributed by atoms with Gasteiger partial charge in [-0.3, -0.25) is 9.88 Å². The molecule has 32 heavy (non-hydrogen) atoms. The smallest absolute Gasteiger partial charge is 0.231 e. The minimum absolute atomic E-state index is 0.277. The zero-order chi connectivity index (χ0) is 21.3. The van der Waals surface area contributed by atoms with Gasteiger partial charge >= 0.3 is 0 Å². The molecular formula is C25H23N3O3S. The molecule has 4 heterocycles. The Balaban J connectivity index is 1.22. The second kappa shape index (κ2) is 8.43. The summed E-state index contributed by atoms with van der Waals surface area (Å²) in [5.41, 5.74) is 4.58. The molecule has 2 aliphatic heterocycles. The van der Waals surface area contributed by atoms with Crippen molar-refractivity contribution in [3.8, 4) is 22.6 Å². The van der Waals surface area contributed by atoms with Crippen LogP contribution in [0, 0.1) is 0 Å². The largest absolute Gasteiger partial charge is 0.454 e. The maximum absolute atomic E-state index is 5.55. The molecule has 0 saturated carbocycles. The van der Waals surface area contributed by atoms with Gasteiger partial charge in [0.25, 0.3) is 0 Å². The summed E-state index contributed by atoms with van der Waals surface area (Å²) in [5.74, 6) is 1.58. The van der Waals surface area contributed by atoms with Gasteiger partial charge in [0, 0.05) is 53.4 Å². The van der Waals surface area contributed by atoms with Crippen molar-refractivity contribution in [2.24, 2.45) is 0 Å². The first-order valence-corrected chi connectivity index (χ1v) is 11.6. The van der Waals surface area contributed by atoms with E-state index >= 15 is 0 Å². The fraction of sp³-hybridized carbons (Fsp3) is 0.240. The summed E-state index contributed by atoms with van der Waals surface area (Å²) in [7, 11) is 0. The third-order valence-electron chi connectivity index (χ3n) is 5.84. The Bertz CT molecular complexity index is 1250. The molecule has 0 bridgehead atoms. The van der Waals surface area contributed by atoms with E-state index in [1.165, 1.54) is 10.3 Å². The maximum atomic E-state index is 5.55. The summed E-state index contributed by atoms with van der Waals surface area (Å²) in [6, 6.07) is 16.9. The molecule has 0 atom stereocenters. The Morgan fingerprint density at radius 2 is 1.78 bits per heavy atom. The molecule has 0 aliphatic carbocycles. The van der Waals surface area contributed by atoms with Crippen LogP contribution in [0.4, 0.5) is 10.7 Å². The third-order valence-corrected chi connectivity index (χ3v) is 6.94. The summed E-state index contributed by atoms with van der Waals surface area (Å²) in [6.45, 7) is 4.91. The molecule has 2 aromatic carbocycles. The van der Waals surface area contributed by atoms with Crippen LogP contribution in [0.1, 0.15) is 5.56 Å². The molecule has 6 nitrogen and oxygen atoms in total. The van der Waals surface area contributed by atoms with Gasteiger partial charge in [-0.1, -0.05) is 18.2 Å². The standard InChI is InChI=1S/C25H23N3O3S/c1-4-20(5-2-17(1)15-28-7-9-29-10-8-28)27-24-12-19-13-26-14-21(25(19)32-24)18-3-6-22-23(11-18)31-16-30-22/h1-6,11-14,27H,7-10,15-16H2. The number of anilines is 2. The Labute approximate surface area is 190 Å². The van der Waals surface area contributed by atoms with Crippen molar-refractivity contribution < 1.29 is 14.2 Å². The van der Waals surface area contributed by atoms with E-state index in [0.717, 1.165) is 71.5 Å². The first-order chi connectivity index (χ1) is 15.8. The van der Waals surface area contributed by atoms with Crippen LogP contribution in [-0.4, -0.2) is 43.0 Å². The Morgan fingerprint density at radius 3 is 2.66 bits per heavy atom. The molecule has 1 fully saturated rings. The van der Waals surface area contributed by atoms with Gasteiger partial charge in [-0.15, -0.1) is 11.3 Å². The molecule has 2 aliphatic rings. The van der Waals surface area contributed by atoms with Gasteiger partial charge in [-0.2, -0.15) is 0 Å². The molecule has 7 heteroatoms. The predicted molar refractivity (Wildman–Crippen MR) is 127 cm³/mol. The van der Waals surface area contributed by atoms with Gasteiger partial charge in [-0.05, 0) is 41.5 Å². The number of fused-ring (bicyclic) bond motifs is 2. The Kier molecular flexibility index (Phi) is 5.15. The monoisotopic (exact) mass is 445 g/mol. The van der Waals surface area contributed by atoms with Gasteiger partial charge in [-0.25, -0.2) is 0 Å². The highest BCUT2D eigenvalue weighted by Crippen LogP contribution is 2.41. The topological polar surface area (TPSA) is 55.9 Å². The van der Waals surface area contributed by atoms with Gasteiger partial charge in [0.1, 0.15) is 0 Å². The predicted octanol–water partition coefficient (Wildman–Crippen LogP) is 5.27. The maximum Gasteiger partial charge on any atom is 0.231 e. The number of thiophene rings is 1. The summed E-state index contributed by atoms with van der Waals surface area (Å²) < 4.78 is 17.6. The van der Waals surface area contributed by atoms with E-state index in [2.05, 4.69) is 51.6 Å². The van der Waals surface area contributed by atoms with Crippen LogP contribution in [0.15, 0.2) is 60.9 Å². The van der Waals surface area contributed by atoms with E-state index in [0.29, 0.717) is 0 Å². The number of hydrogen-bond acceptors (Lipinski definition) is 7. The van der Waals surface area contributed by atoms with Crippen LogP contribution >= 0.6 is 11.3 Å². The lowest BCUT2D eigenvalue weighted by molar-refractivity contribution is 0.0342. The quantitative estimate of drug-likeness (QED) is 0.452. The van der Waals surface area contributed by atoms with Crippen LogP contribution < -0.4 is 14.8 Å². The van der Waals surface area contributed by atoms with E-state index in [4.69, 9.17) is 14.2 Å². The van der Waals surface area contributed by atoms with Crippen molar-refractivity contribution in [2.75, 3.05) is 38.4 Å². The van der Waals surface area contributed by atoms with Gasteiger partial charge in [0.2, 0.25) is 6.79 Å². The van der Waals surface area contributed by atoms with Crippen LogP contribution in [-0.2, 0) is 11.3 Å². The first kappa shape index (κ1) is 19.5. The van der Waals surface area contributed by atoms with Crippen LogP contribution in [0.25, 0.3) is 21.2 Å². The molecule has 0 radical (unpaired) electrons. The summed E-state index contributed by atoms with van der Waals surface area (Å²) in [5, 5.41) is 5.77. The minimum atomic E-state index is 0.277. The highest BCUT2D eigenvalue weighted by atomic mass is 32.1. The molecule has 1 saturated heterocycles. The molecule has 6 rings (SSSR count). The number of ether oxygens (including phenoxy) is 3. The van der Waals surface area contributed by atoms with Crippen molar-refractivity contribution in [3.63, 3.8) is 0 Å². The van der Waals surface area contributed by atoms with E-state index in [1.54, 1.807) is 11.3 Å². The second-order valence-electron chi connectivity index (χ2n) is 7.99. The van der Waals surface area contributed by atoms with Crippen LogP contribution in [0.2, 0.25) is 0 Å². The van der Waals surface area contributed by atoms with E-state index in [-0.39, 0.29) is 6.79 Å². The molecular weight excluding hydrogens is 422 g/mol. The molecule has 1 N–H and O–H groups in total. The second-order valence-corrected chi connectivity index (χ2v) is 9.05.